The molecule has 49 heavy (non-hydrogen) atoms. The molecule has 0 aromatic heterocycles. The van der Waals surface area contributed by atoms with Gasteiger partial charge in [-0.25, -0.2) is 0 Å². The summed E-state index contributed by atoms with van der Waals surface area (Å²) >= 11 is 0. The monoisotopic (exact) mass is 675 g/mol. The summed E-state index contributed by atoms with van der Waals surface area (Å²) < 4.78 is 51.5. The number of nitrogens with zero attached hydrogens (tertiary/aromatic N) is 2. The molecule has 11 heteroatoms. The van der Waals surface area contributed by atoms with E-state index >= 15 is 0 Å². The van der Waals surface area contributed by atoms with Crippen LogP contribution in [-0.2, 0) is 23.9 Å². The zero-order valence-corrected chi connectivity index (χ0v) is 27.6. The van der Waals surface area contributed by atoms with Crippen LogP contribution in [-0.4, -0.2) is 65.6 Å². The lowest BCUT2D eigenvalue weighted by Gasteiger charge is -2.38. The van der Waals surface area contributed by atoms with Gasteiger partial charge in [0.15, 0.2) is 5.75 Å². The average Bonchev–Trinajstić information content (AvgIpc) is 3.07. The Labute approximate surface area is 284 Å². The van der Waals surface area contributed by atoms with Crippen molar-refractivity contribution in [1.29, 1.82) is 0 Å². The molecule has 1 heterocycles. The highest BCUT2D eigenvalue weighted by Crippen LogP contribution is 2.35. The summed E-state index contributed by atoms with van der Waals surface area (Å²) in [6, 6.07) is 26.2. The number of alkyl halides is 3. The van der Waals surface area contributed by atoms with Gasteiger partial charge in [-0.05, 0) is 73.6 Å². The topological polar surface area (TPSA) is 91.3 Å². The second-order valence-electron chi connectivity index (χ2n) is 12.5. The second kappa shape index (κ2) is 15.6. The summed E-state index contributed by atoms with van der Waals surface area (Å²) in [6.45, 7) is 4.95. The highest BCUT2D eigenvalue weighted by atomic mass is 19.4. The average molecular weight is 676 g/mol. The summed E-state index contributed by atoms with van der Waals surface area (Å²) in [5.41, 5.74) is 1.17. The van der Waals surface area contributed by atoms with Crippen LogP contribution in [0.25, 0.3) is 0 Å². The third-order valence-electron chi connectivity index (χ3n) is 8.46. The third-order valence-corrected chi connectivity index (χ3v) is 8.46. The lowest BCUT2D eigenvalue weighted by molar-refractivity contribution is -0.137. The van der Waals surface area contributed by atoms with E-state index < -0.39 is 29.8 Å². The molecule has 5 rings (SSSR count). The number of hydrogen-bond acceptors (Lipinski definition) is 6. The summed E-state index contributed by atoms with van der Waals surface area (Å²) in [6.07, 6.45) is -5.07. The first-order chi connectivity index (χ1) is 23.4. The lowest BCUT2D eigenvalue weighted by Crippen LogP contribution is -2.49. The van der Waals surface area contributed by atoms with Gasteiger partial charge in [0, 0.05) is 25.6 Å². The maximum atomic E-state index is 13.8. The molecule has 3 atom stereocenters. The van der Waals surface area contributed by atoms with Gasteiger partial charge in [0.05, 0.1) is 35.9 Å². The molecule has 0 radical (unpaired) electrons. The third kappa shape index (κ3) is 9.18. The van der Waals surface area contributed by atoms with Crippen molar-refractivity contribution in [3.63, 3.8) is 0 Å². The first kappa shape index (κ1) is 35.4. The van der Waals surface area contributed by atoms with Gasteiger partial charge in [-0.15, -0.1) is 0 Å². The molecule has 4 aromatic rings. The number of carbonyl (C=O) groups is 2. The van der Waals surface area contributed by atoms with Crippen molar-refractivity contribution in [3.05, 3.63) is 119 Å². The van der Waals surface area contributed by atoms with Crippen LogP contribution in [0.1, 0.15) is 40.9 Å². The van der Waals surface area contributed by atoms with Crippen LogP contribution in [0.5, 0.6) is 17.2 Å². The number of fused-ring (bicyclic) bond motifs is 1. The van der Waals surface area contributed by atoms with Crippen molar-refractivity contribution in [1.82, 2.24) is 9.80 Å². The Kier molecular flexibility index (Phi) is 11.3. The highest BCUT2D eigenvalue weighted by Gasteiger charge is 2.35. The number of halogens is 3. The molecule has 2 N–H and O–H groups in total. The molecule has 1 aliphatic rings. The van der Waals surface area contributed by atoms with Gasteiger partial charge in [0.2, 0.25) is 5.91 Å². The molecule has 0 spiro atoms. The molecule has 0 bridgehead atoms. The minimum absolute atomic E-state index is 0.161. The fraction of sp³-hybridized carbons (Fsp3) is 0.316. The van der Waals surface area contributed by atoms with Crippen LogP contribution in [0.3, 0.4) is 0 Å². The normalized spacial score (nSPS) is 17.1. The molecule has 8 nitrogen and oxygen atoms in total. The number of para-hydroxylation sites is 2. The van der Waals surface area contributed by atoms with Crippen LogP contribution >= 0.6 is 0 Å². The predicted molar refractivity (Wildman–Crippen MR) is 181 cm³/mol. The number of aliphatic hydroxyl groups is 1. The van der Waals surface area contributed by atoms with Gasteiger partial charge in [0.1, 0.15) is 17.6 Å². The highest BCUT2D eigenvalue weighted by molar-refractivity contribution is 6.02. The Balaban J connectivity index is 1.34. The van der Waals surface area contributed by atoms with Gasteiger partial charge < -0.3 is 24.8 Å². The minimum atomic E-state index is -4.48. The summed E-state index contributed by atoms with van der Waals surface area (Å²) in [5, 5.41) is 12.8. The molecule has 1 aliphatic heterocycles. The fourth-order valence-electron chi connectivity index (χ4n) is 5.72. The summed E-state index contributed by atoms with van der Waals surface area (Å²) in [4.78, 5) is 30.7. The van der Waals surface area contributed by atoms with E-state index in [9.17, 15) is 27.9 Å². The molecule has 258 valence electrons. The van der Waals surface area contributed by atoms with Crippen LogP contribution in [0, 0.1) is 5.92 Å². The number of benzene rings is 4. The van der Waals surface area contributed by atoms with E-state index in [2.05, 4.69) is 10.2 Å². The van der Waals surface area contributed by atoms with Crippen molar-refractivity contribution < 1.29 is 37.3 Å². The molecular formula is C38H40F3N3O5. The number of likely N-dealkylation sites (N-methyl/N-ethyl adjacent to an activating group) is 1. The largest absolute Gasteiger partial charge is 0.486 e. The Morgan fingerprint density at radius 3 is 2.29 bits per heavy atom. The summed E-state index contributed by atoms with van der Waals surface area (Å²) in [7, 11) is 1.97. The van der Waals surface area contributed by atoms with E-state index in [1.807, 2.05) is 68.6 Å². The molecule has 0 saturated carbocycles. The zero-order chi connectivity index (χ0) is 35.1. The molecule has 0 fully saturated rings. The second-order valence-corrected chi connectivity index (χ2v) is 12.5. The first-order valence-corrected chi connectivity index (χ1v) is 16.1. The smallest absolute Gasteiger partial charge is 0.416 e. The van der Waals surface area contributed by atoms with Crippen molar-refractivity contribution in [2.75, 3.05) is 32.1 Å². The Morgan fingerprint density at radius 1 is 0.980 bits per heavy atom. The number of ether oxygens (including phenoxy) is 2. The molecular weight excluding hydrogens is 635 g/mol. The Bertz CT molecular complexity index is 1720. The van der Waals surface area contributed by atoms with Crippen LogP contribution < -0.4 is 14.8 Å². The number of amides is 2. The Morgan fingerprint density at radius 2 is 1.63 bits per heavy atom. The molecule has 0 saturated heterocycles. The molecule has 2 amide bonds. The van der Waals surface area contributed by atoms with Crippen molar-refractivity contribution in [2.24, 2.45) is 5.92 Å². The Hall–Kier alpha value is -4.87. The predicted octanol–water partition coefficient (Wildman–Crippen LogP) is 7.03. The van der Waals surface area contributed by atoms with E-state index in [1.165, 1.54) is 12.1 Å². The van der Waals surface area contributed by atoms with Crippen molar-refractivity contribution in [2.45, 2.75) is 45.1 Å². The fourth-order valence-corrected chi connectivity index (χ4v) is 5.72. The SMILES string of the molecule is C[C@@H]1CN([C@@H](C)CO)C(=O)c2cccc(NC(=O)Cc3ccc(C(F)(F)F)cc3)c2O[C@@H]1CN(C)Cc1ccc(Oc2ccccc2)cc1. The van der Waals surface area contributed by atoms with E-state index in [0.29, 0.717) is 25.2 Å². The number of nitrogens with one attached hydrogen (secondary N) is 1. The van der Waals surface area contributed by atoms with Crippen LogP contribution in [0.2, 0.25) is 0 Å². The van der Waals surface area contributed by atoms with E-state index in [0.717, 1.165) is 29.2 Å². The van der Waals surface area contributed by atoms with Crippen LogP contribution in [0.15, 0.2) is 97.1 Å². The maximum absolute atomic E-state index is 13.8. The van der Waals surface area contributed by atoms with Crippen LogP contribution in [0.4, 0.5) is 18.9 Å². The van der Waals surface area contributed by atoms with Gasteiger partial charge in [0.25, 0.3) is 5.91 Å². The number of rotatable bonds is 11. The van der Waals surface area contributed by atoms with E-state index in [-0.39, 0.29) is 41.9 Å². The standard InChI is InChI=1S/C38H40F3N3O5/c1-25-21-44(26(2)24-45)37(47)32-10-7-11-33(42-35(46)20-27-12-16-29(17-13-27)38(39,40)41)36(32)49-34(25)23-43(3)22-28-14-18-31(19-15-28)48-30-8-5-4-6-9-30/h4-19,25-26,34,45H,20-24H2,1-3H3,(H,42,46)/t25-,26+,34-/m1/s1. The first-order valence-electron chi connectivity index (χ1n) is 16.1. The molecule has 4 aromatic carbocycles. The maximum Gasteiger partial charge on any atom is 0.416 e. The van der Waals surface area contributed by atoms with Crippen molar-refractivity contribution in [3.8, 4) is 17.2 Å². The van der Waals surface area contributed by atoms with E-state index in [1.54, 1.807) is 30.0 Å². The van der Waals surface area contributed by atoms with Gasteiger partial charge in [-0.1, -0.05) is 55.5 Å². The summed E-state index contributed by atoms with van der Waals surface area (Å²) in [5.74, 6) is 0.699. The van der Waals surface area contributed by atoms with Gasteiger partial charge in [-0.3, -0.25) is 14.5 Å². The zero-order valence-electron chi connectivity index (χ0n) is 27.6. The van der Waals surface area contributed by atoms with E-state index in [4.69, 9.17) is 9.47 Å². The molecule has 0 aliphatic carbocycles. The van der Waals surface area contributed by atoms with Crippen molar-refractivity contribution >= 4 is 17.5 Å². The minimum Gasteiger partial charge on any atom is -0.486 e. The van der Waals surface area contributed by atoms with Gasteiger partial charge >= 0.3 is 6.18 Å². The number of carbonyl (C=O) groups excluding carboxylic acids is 2. The molecule has 0 unspecified atom stereocenters. The number of anilines is 1. The number of aliphatic hydroxyl groups excluding tert-OH is 1. The quantitative estimate of drug-likeness (QED) is 0.178. The number of hydrogen-bond donors (Lipinski definition) is 2. The lowest BCUT2D eigenvalue weighted by atomic mass is 9.98. The van der Waals surface area contributed by atoms with Gasteiger partial charge in [-0.2, -0.15) is 13.2 Å².